The molecule has 0 saturated carbocycles. The molecule has 13 aromatic carbocycles. The normalized spacial score (nSPS) is 13.1. The van der Waals surface area contributed by atoms with E-state index in [1.54, 1.807) is 0 Å². The van der Waals surface area contributed by atoms with Gasteiger partial charge in [-0.3, -0.25) is 0 Å². The van der Waals surface area contributed by atoms with E-state index >= 15 is 0 Å². The molecule has 17 rings (SSSR count). The Bertz CT molecular complexity index is 5000. The standard InChI is InChI=1S/C82H61BN2S2/c1-81(2,3)56-43-53(44-57(47-56)82(4,5)6)51-40-52(42-55(41-51)79-66-30-12-10-28-64(66)78(50-22-8-7-9-23-50)65-29-11-13-31-67(65)79)54-45-76-80-77(46-54)87-75-49-59(85-72-34-20-16-26-62(72)63-27-17-21-35-73(63)85)37-39-69(75)83(80)68-38-36-58(48-74(68)86-76)84-70-32-18-14-24-60(70)61-25-15-19-33-71(61)84/h7-49H,1-6H3. The van der Waals surface area contributed by atoms with Crippen molar-refractivity contribution in [3.8, 4) is 55.9 Å². The van der Waals surface area contributed by atoms with Crippen LogP contribution in [0.3, 0.4) is 0 Å². The van der Waals surface area contributed by atoms with E-state index in [0.717, 1.165) is 0 Å². The largest absolute Gasteiger partial charge is 0.309 e. The molecule has 5 heteroatoms. The molecule has 0 spiro atoms. The zero-order chi connectivity index (χ0) is 58.4. The van der Waals surface area contributed by atoms with Gasteiger partial charge in [-0.15, -0.1) is 0 Å². The van der Waals surface area contributed by atoms with Crippen molar-refractivity contribution in [2.75, 3.05) is 0 Å². The lowest BCUT2D eigenvalue weighted by atomic mass is 9.36. The summed E-state index contributed by atoms with van der Waals surface area (Å²) >= 11 is 3.88. The lowest BCUT2D eigenvalue weighted by molar-refractivity contribution is 0.569. The molecule has 2 aromatic heterocycles. The second kappa shape index (κ2) is 19.6. The Morgan fingerprint density at radius 2 is 0.609 bits per heavy atom. The molecule has 0 saturated heterocycles. The molecule has 2 aliphatic rings. The highest BCUT2D eigenvalue weighted by Gasteiger charge is 2.39. The molecule has 0 unspecified atom stereocenters. The quantitative estimate of drug-likeness (QED) is 0.121. The highest BCUT2D eigenvalue weighted by atomic mass is 32.2. The van der Waals surface area contributed by atoms with Crippen molar-refractivity contribution in [2.45, 2.75) is 72.0 Å². The van der Waals surface area contributed by atoms with Crippen LogP contribution in [0.4, 0.5) is 0 Å². The molecule has 0 atom stereocenters. The summed E-state index contributed by atoms with van der Waals surface area (Å²) in [6, 6.07) is 99.2. The van der Waals surface area contributed by atoms with Crippen LogP contribution in [-0.2, 0) is 10.8 Å². The molecule has 2 aliphatic heterocycles. The number of hydrogen-bond donors (Lipinski definition) is 0. The molecule has 0 radical (unpaired) electrons. The molecular weight excluding hydrogens is 1090 g/mol. The van der Waals surface area contributed by atoms with E-state index in [2.05, 4.69) is 312 Å². The maximum Gasteiger partial charge on any atom is 0.247 e. The summed E-state index contributed by atoms with van der Waals surface area (Å²) in [5.74, 6) is 0. The first-order chi connectivity index (χ1) is 42.4. The molecule has 2 nitrogen and oxygen atoms in total. The summed E-state index contributed by atoms with van der Waals surface area (Å²) in [7, 11) is 0. The number of rotatable bonds is 6. The minimum Gasteiger partial charge on any atom is -0.309 e. The average molecular weight is 1150 g/mol. The first-order valence-corrected chi connectivity index (χ1v) is 32.1. The lowest BCUT2D eigenvalue weighted by Crippen LogP contribution is -2.58. The van der Waals surface area contributed by atoms with Gasteiger partial charge < -0.3 is 9.13 Å². The van der Waals surface area contributed by atoms with Crippen molar-refractivity contribution >= 4 is 112 Å². The monoisotopic (exact) mass is 1150 g/mol. The van der Waals surface area contributed by atoms with Gasteiger partial charge in [0.05, 0.1) is 22.1 Å². The van der Waals surface area contributed by atoms with Crippen LogP contribution in [0.2, 0.25) is 0 Å². The van der Waals surface area contributed by atoms with Crippen molar-refractivity contribution < 1.29 is 0 Å². The SMILES string of the molecule is CC(C)(C)c1cc(-c2cc(-c3cc4c5c(c3)Sc3cc(-n6c7ccccc7c7ccccc76)ccc3B5c3ccc(-n5c6ccccc6c6ccccc65)cc3S4)cc(-c3c4ccccc4c(-c4ccccc4)c4ccccc34)c2)cc(C(C)(C)C)c1. The third-order valence-electron chi connectivity index (χ3n) is 18.7. The minimum absolute atomic E-state index is 0.0367. The van der Waals surface area contributed by atoms with E-state index in [1.165, 1.54) is 168 Å². The van der Waals surface area contributed by atoms with E-state index < -0.39 is 0 Å². The highest BCUT2D eigenvalue weighted by molar-refractivity contribution is 8.01. The number of para-hydroxylation sites is 4. The van der Waals surface area contributed by atoms with Gasteiger partial charge in [-0.2, -0.15) is 0 Å². The third kappa shape index (κ3) is 8.34. The topological polar surface area (TPSA) is 9.86 Å². The van der Waals surface area contributed by atoms with Crippen LogP contribution >= 0.6 is 23.5 Å². The molecule has 0 aliphatic carbocycles. The maximum absolute atomic E-state index is 2.54. The van der Waals surface area contributed by atoms with Crippen molar-refractivity contribution in [3.05, 3.63) is 272 Å². The Hall–Kier alpha value is -9.26. The zero-order valence-corrected chi connectivity index (χ0v) is 51.2. The Kier molecular flexibility index (Phi) is 11.8. The average Bonchev–Trinajstić information content (AvgIpc) is 1.18. The Labute approximate surface area is 517 Å². The van der Waals surface area contributed by atoms with Gasteiger partial charge in [-0.1, -0.05) is 258 Å². The molecule has 0 bridgehead atoms. The van der Waals surface area contributed by atoms with Crippen LogP contribution < -0.4 is 16.4 Å². The van der Waals surface area contributed by atoms with Gasteiger partial charge in [0.1, 0.15) is 0 Å². The number of nitrogens with zero attached hydrogens (tertiary/aromatic N) is 2. The minimum atomic E-state index is -0.0579. The fraction of sp³-hybridized carbons (Fsp3) is 0.0976. The second-order valence-electron chi connectivity index (χ2n) is 26.0. The number of hydrogen-bond acceptors (Lipinski definition) is 2. The summed E-state index contributed by atoms with van der Waals surface area (Å²) in [5.41, 5.74) is 23.7. The van der Waals surface area contributed by atoms with E-state index in [4.69, 9.17) is 0 Å². The molecular formula is C82H61BN2S2. The molecule has 87 heavy (non-hydrogen) atoms. The van der Waals surface area contributed by atoms with Gasteiger partial charge in [0, 0.05) is 52.5 Å². The van der Waals surface area contributed by atoms with Gasteiger partial charge in [0.2, 0.25) is 6.71 Å². The number of aromatic nitrogens is 2. The molecule has 0 amide bonds. The maximum atomic E-state index is 2.54. The van der Waals surface area contributed by atoms with E-state index in [-0.39, 0.29) is 17.5 Å². The van der Waals surface area contributed by atoms with Crippen LogP contribution in [0.25, 0.3) is 121 Å². The predicted molar refractivity (Wildman–Crippen MR) is 375 cm³/mol. The predicted octanol–water partition coefficient (Wildman–Crippen LogP) is 20.9. The molecule has 0 N–H and O–H groups in total. The van der Waals surface area contributed by atoms with E-state index in [9.17, 15) is 0 Å². The van der Waals surface area contributed by atoms with Crippen LogP contribution in [0.15, 0.2) is 280 Å². The van der Waals surface area contributed by atoms with Crippen LogP contribution in [0.5, 0.6) is 0 Å². The van der Waals surface area contributed by atoms with Crippen molar-refractivity contribution in [1.82, 2.24) is 9.13 Å². The van der Waals surface area contributed by atoms with Crippen molar-refractivity contribution in [2.24, 2.45) is 0 Å². The zero-order valence-electron chi connectivity index (χ0n) is 49.6. The fourth-order valence-corrected chi connectivity index (χ4v) is 17.0. The van der Waals surface area contributed by atoms with Gasteiger partial charge in [-0.05, 0) is 172 Å². The Morgan fingerprint density at radius 1 is 0.276 bits per heavy atom. The molecule has 4 heterocycles. The number of benzene rings is 13. The third-order valence-corrected chi connectivity index (χ3v) is 20.9. The lowest BCUT2D eigenvalue weighted by Gasteiger charge is -2.34. The van der Waals surface area contributed by atoms with Crippen LogP contribution in [0, 0.1) is 0 Å². The van der Waals surface area contributed by atoms with Gasteiger partial charge >= 0.3 is 0 Å². The molecule has 0 fully saturated rings. The Morgan fingerprint density at radius 3 is 1.01 bits per heavy atom. The van der Waals surface area contributed by atoms with Gasteiger partial charge in [0.15, 0.2) is 0 Å². The molecule has 15 aromatic rings. The number of fused-ring (bicyclic) bond motifs is 12. The highest BCUT2D eigenvalue weighted by Crippen LogP contribution is 2.49. The van der Waals surface area contributed by atoms with E-state index in [1.807, 2.05) is 23.5 Å². The summed E-state index contributed by atoms with van der Waals surface area (Å²) in [5, 5.41) is 10.1. The summed E-state index contributed by atoms with van der Waals surface area (Å²) in [6.45, 7) is 14.1. The first-order valence-electron chi connectivity index (χ1n) is 30.5. The van der Waals surface area contributed by atoms with Gasteiger partial charge in [0.25, 0.3) is 0 Å². The van der Waals surface area contributed by atoms with Gasteiger partial charge in [-0.25, -0.2) is 0 Å². The summed E-state index contributed by atoms with van der Waals surface area (Å²) in [6.07, 6.45) is 0. The second-order valence-corrected chi connectivity index (χ2v) is 28.2. The summed E-state index contributed by atoms with van der Waals surface area (Å²) < 4.78 is 4.94. The van der Waals surface area contributed by atoms with Crippen LogP contribution in [0.1, 0.15) is 52.7 Å². The Balaban J connectivity index is 0.919. The fourth-order valence-electron chi connectivity index (χ4n) is 14.4. The smallest absolute Gasteiger partial charge is 0.247 e. The van der Waals surface area contributed by atoms with Crippen molar-refractivity contribution in [1.29, 1.82) is 0 Å². The summed E-state index contributed by atoms with van der Waals surface area (Å²) in [4.78, 5) is 5.20. The van der Waals surface area contributed by atoms with E-state index in [0.29, 0.717) is 0 Å². The first kappa shape index (κ1) is 52.1. The van der Waals surface area contributed by atoms with Crippen molar-refractivity contribution in [3.63, 3.8) is 0 Å². The molecule has 414 valence electrons. The van der Waals surface area contributed by atoms with Crippen LogP contribution in [-0.4, -0.2) is 15.8 Å².